The molecule has 0 fully saturated rings. The Balaban J connectivity index is 2.71. The van der Waals surface area contributed by atoms with Gasteiger partial charge in [-0.2, -0.15) is 0 Å². The smallest absolute Gasteiger partial charge is 0.0206 e. The van der Waals surface area contributed by atoms with E-state index >= 15 is 0 Å². The van der Waals surface area contributed by atoms with Crippen molar-refractivity contribution in [1.82, 2.24) is 0 Å². The maximum atomic E-state index is 2.34. The molecule has 0 saturated carbocycles. The summed E-state index contributed by atoms with van der Waals surface area (Å²) in [5.74, 6) is 0.915. The monoisotopic (exact) mass is 152 g/mol. The van der Waals surface area contributed by atoms with Crippen LogP contribution in [0.25, 0.3) is 0 Å². The van der Waals surface area contributed by atoms with Gasteiger partial charge in [-0.05, 0) is 44.9 Å². The van der Waals surface area contributed by atoms with Crippen molar-refractivity contribution < 1.29 is 0 Å². The minimum Gasteiger partial charge on any atom is -0.0713 e. The molecule has 1 unspecified atom stereocenters. The lowest BCUT2D eigenvalue weighted by atomic mass is 9.81. The highest BCUT2D eigenvalue weighted by Crippen LogP contribution is 2.32. The van der Waals surface area contributed by atoms with Gasteiger partial charge in [0.15, 0.2) is 0 Å². The molecule has 0 amide bonds. The van der Waals surface area contributed by atoms with Gasteiger partial charge >= 0.3 is 0 Å². The van der Waals surface area contributed by atoms with Gasteiger partial charge in [0.25, 0.3) is 0 Å². The van der Waals surface area contributed by atoms with Crippen molar-refractivity contribution in [3.63, 3.8) is 0 Å². The lowest BCUT2D eigenvalue weighted by molar-refractivity contribution is 0.479. The van der Waals surface area contributed by atoms with Gasteiger partial charge < -0.3 is 0 Å². The maximum absolute atomic E-state index is 2.34. The zero-order chi connectivity index (χ0) is 8.27. The van der Waals surface area contributed by atoms with Gasteiger partial charge in [0.05, 0.1) is 0 Å². The van der Waals surface area contributed by atoms with Crippen LogP contribution in [-0.2, 0) is 0 Å². The minimum absolute atomic E-state index is 0.915. The summed E-state index contributed by atoms with van der Waals surface area (Å²) < 4.78 is 0. The second kappa shape index (κ2) is 3.94. The molecule has 1 aliphatic carbocycles. The molecule has 0 bridgehead atoms. The average Bonchev–Trinajstić information content (AvgIpc) is 2.05. The molecule has 0 heterocycles. The summed E-state index contributed by atoms with van der Waals surface area (Å²) in [5, 5.41) is 0. The summed E-state index contributed by atoms with van der Waals surface area (Å²) in [5.41, 5.74) is 3.45. The Bertz CT molecular complexity index is 153. The van der Waals surface area contributed by atoms with Crippen LogP contribution in [0, 0.1) is 5.92 Å². The summed E-state index contributed by atoms with van der Waals surface area (Å²) in [7, 11) is 0. The first-order valence-electron chi connectivity index (χ1n) is 4.98. The summed E-state index contributed by atoms with van der Waals surface area (Å²) in [6.45, 7) is 6.94. The van der Waals surface area contributed by atoms with E-state index in [-0.39, 0.29) is 0 Å². The molecule has 64 valence electrons. The molecule has 0 aliphatic heterocycles. The van der Waals surface area contributed by atoms with Gasteiger partial charge in [-0.15, -0.1) is 0 Å². The standard InChI is InChI=1S/C11H20/c1-4-10-7-6-8-11(5-2)9(10)3/h10H,4-8H2,1-3H3. The van der Waals surface area contributed by atoms with Crippen LogP contribution in [0.1, 0.15) is 52.9 Å². The molecule has 1 atom stereocenters. The lowest BCUT2D eigenvalue weighted by Crippen LogP contribution is -2.09. The predicted molar refractivity (Wildman–Crippen MR) is 50.6 cm³/mol. The highest BCUT2D eigenvalue weighted by Gasteiger charge is 2.16. The molecule has 0 aromatic carbocycles. The largest absolute Gasteiger partial charge is 0.0713 e. The molecule has 0 aromatic heterocycles. The highest BCUT2D eigenvalue weighted by molar-refractivity contribution is 5.17. The van der Waals surface area contributed by atoms with Gasteiger partial charge in [-0.3, -0.25) is 0 Å². The second-order valence-corrected chi connectivity index (χ2v) is 3.64. The third kappa shape index (κ3) is 1.85. The van der Waals surface area contributed by atoms with E-state index in [1.54, 1.807) is 11.1 Å². The van der Waals surface area contributed by atoms with E-state index in [9.17, 15) is 0 Å². The molecule has 0 saturated heterocycles. The fourth-order valence-corrected chi connectivity index (χ4v) is 2.23. The predicted octanol–water partition coefficient (Wildman–Crippen LogP) is 3.92. The van der Waals surface area contributed by atoms with Crippen molar-refractivity contribution in [3.05, 3.63) is 11.1 Å². The molecule has 0 N–H and O–H groups in total. The number of hydrogen-bond acceptors (Lipinski definition) is 0. The van der Waals surface area contributed by atoms with E-state index in [1.165, 1.54) is 32.1 Å². The number of rotatable bonds is 2. The van der Waals surface area contributed by atoms with Crippen molar-refractivity contribution in [2.24, 2.45) is 5.92 Å². The normalized spacial score (nSPS) is 25.9. The summed E-state index contributed by atoms with van der Waals surface area (Å²) >= 11 is 0. The molecular formula is C11H20. The Morgan fingerprint density at radius 2 is 2.09 bits per heavy atom. The van der Waals surface area contributed by atoms with Gasteiger partial charge in [0, 0.05) is 0 Å². The Morgan fingerprint density at radius 3 is 2.64 bits per heavy atom. The zero-order valence-corrected chi connectivity index (χ0v) is 8.11. The average molecular weight is 152 g/mol. The van der Waals surface area contributed by atoms with E-state index in [1.807, 2.05) is 0 Å². The maximum Gasteiger partial charge on any atom is -0.0206 e. The molecular weight excluding hydrogens is 132 g/mol. The van der Waals surface area contributed by atoms with Gasteiger partial charge in [0.2, 0.25) is 0 Å². The number of hydrogen-bond donors (Lipinski definition) is 0. The van der Waals surface area contributed by atoms with E-state index in [2.05, 4.69) is 20.8 Å². The van der Waals surface area contributed by atoms with E-state index < -0.39 is 0 Å². The topological polar surface area (TPSA) is 0 Å². The minimum atomic E-state index is 0.915. The molecule has 0 heteroatoms. The van der Waals surface area contributed by atoms with Crippen LogP contribution in [0.2, 0.25) is 0 Å². The first kappa shape index (κ1) is 8.83. The Labute approximate surface area is 70.7 Å². The first-order valence-corrected chi connectivity index (χ1v) is 4.98. The third-order valence-corrected chi connectivity index (χ3v) is 3.12. The van der Waals surface area contributed by atoms with Crippen LogP contribution >= 0.6 is 0 Å². The van der Waals surface area contributed by atoms with Gasteiger partial charge in [0.1, 0.15) is 0 Å². The summed E-state index contributed by atoms with van der Waals surface area (Å²) in [6, 6.07) is 0. The fourth-order valence-electron chi connectivity index (χ4n) is 2.23. The van der Waals surface area contributed by atoms with E-state index in [0.29, 0.717) is 0 Å². The van der Waals surface area contributed by atoms with E-state index in [4.69, 9.17) is 0 Å². The summed E-state index contributed by atoms with van der Waals surface area (Å²) in [4.78, 5) is 0. The Kier molecular flexibility index (Phi) is 3.16. The molecule has 0 nitrogen and oxygen atoms in total. The molecule has 0 spiro atoms. The van der Waals surface area contributed by atoms with Crippen molar-refractivity contribution >= 4 is 0 Å². The lowest BCUT2D eigenvalue weighted by Gasteiger charge is -2.25. The summed E-state index contributed by atoms with van der Waals surface area (Å²) in [6.07, 6.45) is 6.86. The number of allylic oxidation sites excluding steroid dienone is 2. The zero-order valence-electron chi connectivity index (χ0n) is 8.11. The van der Waals surface area contributed by atoms with Gasteiger partial charge in [-0.1, -0.05) is 25.0 Å². The van der Waals surface area contributed by atoms with Crippen molar-refractivity contribution in [3.8, 4) is 0 Å². The van der Waals surface area contributed by atoms with Crippen LogP contribution in [0.3, 0.4) is 0 Å². The second-order valence-electron chi connectivity index (χ2n) is 3.64. The van der Waals surface area contributed by atoms with Crippen molar-refractivity contribution in [1.29, 1.82) is 0 Å². The Morgan fingerprint density at radius 1 is 1.36 bits per heavy atom. The Hall–Kier alpha value is -0.260. The molecule has 0 aromatic rings. The first-order chi connectivity index (χ1) is 5.29. The third-order valence-electron chi connectivity index (χ3n) is 3.12. The van der Waals surface area contributed by atoms with Crippen LogP contribution < -0.4 is 0 Å². The van der Waals surface area contributed by atoms with Crippen LogP contribution in [0.5, 0.6) is 0 Å². The van der Waals surface area contributed by atoms with E-state index in [0.717, 1.165) is 5.92 Å². The van der Waals surface area contributed by atoms with Gasteiger partial charge in [-0.25, -0.2) is 0 Å². The SMILES string of the molecule is CCC1=C(C)C(CC)CCC1. The van der Waals surface area contributed by atoms with Crippen molar-refractivity contribution in [2.45, 2.75) is 52.9 Å². The fraction of sp³-hybridized carbons (Fsp3) is 0.818. The molecule has 11 heavy (non-hydrogen) atoms. The van der Waals surface area contributed by atoms with Crippen molar-refractivity contribution in [2.75, 3.05) is 0 Å². The highest BCUT2D eigenvalue weighted by atomic mass is 14.2. The van der Waals surface area contributed by atoms with Crippen LogP contribution in [-0.4, -0.2) is 0 Å². The van der Waals surface area contributed by atoms with Crippen LogP contribution in [0.15, 0.2) is 11.1 Å². The quantitative estimate of drug-likeness (QED) is 0.526. The molecule has 1 aliphatic rings. The van der Waals surface area contributed by atoms with Crippen LogP contribution in [0.4, 0.5) is 0 Å². The molecule has 1 rings (SSSR count). The molecule has 0 radical (unpaired) electrons.